The Kier molecular flexibility index (Phi) is 12.4. The summed E-state index contributed by atoms with van der Waals surface area (Å²) in [7, 11) is -4.12. The van der Waals surface area contributed by atoms with Gasteiger partial charge in [0.25, 0.3) is 10.1 Å². The molecule has 4 nitrogen and oxygen atoms in total. The summed E-state index contributed by atoms with van der Waals surface area (Å²) < 4.78 is 31.6. The maximum atomic E-state index is 13.0. The molecule has 0 saturated carbocycles. The maximum absolute atomic E-state index is 13.0. The SMILES string of the molecule is CCCCCCCCCCCCc1ccc(S(=O)(=O)OC(C)(C(=O)SC)c2ccccc2)cc1. The highest BCUT2D eigenvalue weighted by Crippen LogP contribution is 2.34. The summed E-state index contributed by atoms with van der Waals surface area (Å²) in [6.07, 6.45) is 15.5. The average molecular weight is 505 g/mol. The van der Waals surface area contributed by atoms with Crippen LogP contribution >= 0.6 is 11.8 Å². The molecule has 0 fully saturated rings. The van der Waals surface area contributed by atoms with Crippen LogP contribution in [-0.2, 0) is 31.1 Å². The summed E-state index contributed by atoms with van der Waals surface area (Å²) in [5.41, 5.74) is 0.0359. The second kappa shape index (κ2) is 14.7. The van der Waals surface area contributed by atoms with Gasteiger partial charge in [0.2, 0.25) is 5.12 Å². The summed E-state index contributed by atoms with van der Waals surface area (Å²) in [5, 5.41) is -0.361. The van der Waals surface area contributed by atoms with Crippen molar-refractivity contribution in [1.29, 1.82) is 0 Å². The number of hydrogen-bond donors (Lipinski definition) is 0. The summed E-state index contributed by atoms with van der Waals surface area (Å²) in [5.74, 6) is 0. The fraction of sp³-hybridized carbons (Fsp3) is 0.536. The van der Waals surface area contributed by atoms with E-state index in [9.17, 15) is 13.2 Å². The monoisotopic (exact) mass is 504 g/mol. The van der Waals surface area contributed by atoms with Gasteiger partial charge in [0.15, 0.2) is 5.60 Å². The molecule has 0 amide bonds. The predicted molar refractivity (Wildman–Crippen MR) is 143 cm³/mol. The highest BCUT2D eigenvalue weighted by molar-refractivity contribution is 8.13. The minimum Gasteiger partial charge on any atom is -0.283 e. The Balaban J connectivity index is 1.87. The number of hydrogen-bond acceptors (Lipinski definition) is 5. The molecule has 188 valence electrons. The number of thioether (sulfide) groups is 1. The van der Waals surface area contributed by atoms with Gasteiger partial charge >= 0.3 is 0 Å². The van der Waals surface area contributed by atoms with E-state index in [0.29, 0.717) is 5.56 Å². The molecule has 2 rings (SSSR count). The molecular weight excluding hydrogens is 464 g/mol. The number of carbonyl (C=O) groups excluding carboxylic acids is 1. The van der Waals surface area contributed by atoms with Gasteiger partial charge in [-0.25, -0.2) is 4.18 Å². The molecule has 0 bridgehead atoms. The lowest BCUT2D eigenvalue weighted by Gasteiger charge is -2.27. The van der Waals surface area contributed by atoms with Crippen LogP contribution in [-0.4, -0.2) is 19.8 Å². The van der Waals surface area contributed by atoms with E-state index in [2.05, 4.69) is 6.92 Å². The van der Waals surface area contributed by atoms with E-state index < -0.39 is 15.7 Å². The Morgan fingerprint density at radius 3 is 1.88 bits per heavy atom. The normalized spacial score (nSPS) is 13.5. The average Bonchev–Trinajstić information content (AvgIpc) is 2.85. The van der Waals surface area contributed by atoms with E-state index in [1.165, 1.54) is 64.7 Å². The summed E-state index contributed by atoms with van der Waals surface area (Å²) >= 11 is 0.957. The van der Waals surface area contributed by atoms with Crippen LogP contribution in [0.25, 0.3) is 0 Å². The molecule has 34 heavy (non-hydrogen) atoms. The standard InChI is InChI=1S/C28H40O4S2/c1-4-5-6-7-8-9-10-11-12-14-17-24-20-22-26(23-21-24)34(30,31)32-28(2,27(29)33-3)25-18-15-13-16-19-25/h13,15-16,18-23H,4-12,14,17H2,1-3H3. The lowest BCUT2D eigenvalue weighted by atomic mass is 9.98. The van der Waals surface area contributed by atoms with Crippen molar-refractivity contribution in [2.75, 3.05) is 6.26 Å². The third kappa shape index (κ3) is 8.86. The first kappa shape index (κ1) is 28.6. The molecule has 6 heteroatoms. The third-order valence-electron chi connectivity index (χ3n) is 6.21. The van der Waals surface area contributed by atoms with Crippen LogP contribution in [0.1, 0.15) is 89.2 Å². The topological polar surface area (TPSA) is 60.4 Å². The van der Waals surface area contributed by atoms with E-state index in [4.69, 9.17) is 4.18 Å². The van der Waals surface area contributed by atoms with Crippen molar-refractivity contribution in [1.82, 2.24) is 0 Å². The van der Waals surface area contributed by atoms with E-state index >= 15 is 0 Å². The lowest BCUT2D eigenvalue weighted by Crippen LogP contribution is -2.36. The molecule has 1 unspecified atom stereocenters. The second-order valence-electron chi connectivity index (χ2n) is 9.00. The van der Waals surface area contributed by atoms with Crippen molar-refractivity contribution >= 4 is 27.0 Å². The van der Waals surface area contributed by atoms with E-state index in [1.807, 2.05) is 18.2 Å². The Labute approximate surface area is 211 Å². The minimum atomic E-state index is -4.12. The van der Waals surface area contributed by atoms with Crippen LogP contribution in [0.2, 0.25) is 0 Å². The van der Waals surface area contributed by atoms with Crippen molar-refractivity contribution in [3.63, 3.8) is 0 Å². The largest absolute Gasteiger partial charge is 0.298 e. The molecule has 0 heterocycles. The Morgan fingerprint density at radius 1 is 0.824 bits per heavy atom. The molecular formula is C28H40O4S2. The highest BCUT2D eigenvalue weighted by atomic mass is 32.2. The van der Waals surface area contributed by atoms with Crippen molar-refractivity contribution < 1.29 is 17.4 Å². The molecule has 1 atom stereocenters. The molecule has 0 spiro atoms. The van der Waals surface area contributed by atoms with Gasteiger partial charge in [0.05, 0.1) is 4.90 Å². The Morgan fingerprint density at radius 2 is 1.35 bits per heavy atom. The first-order valence-electron chi connectivity index (χ1n) is 12.5. The zero-order valence-corrected chi connectivity index (χ0v) is 22.6. The van der Waals surface area contributed by atoms with Crippen LogP contribution < -0.4 is 0 Å². The first-order valence-corrected chi connectivity index (χ1v) is 15.2. The fourth-order valence-corrected chi connectivity index (χ4v) is 5.84. The number of unbranched alkanes of at least 4 members (excludes halogenated alkanes) is 9. The number of benzene rings is 2. The smallest absolute Gasteiger partial charge is 0.283 e. The van der Waals surface area contributed by atoms with Gasteiger partial charge in [0, 0.05) is 0 Å². The van der Waals surface area contributed by atoms with Crippen LogP contribution in [0.4, 0.5) is 0 Å². The molecule has 0 saturated heterocycles. The van der Waals surface area contributed by atoms with Gasteiger partial charge in [-0.2, -0.15) is 8.42 Å². The molecule has 0 aliphatic carbocycles. The Bertz CT molecular complexity index is 956. The fourth-order valence-electron chi connectivity index (χ4n) is 4.06. The van der Waals surface area contributed by atoms with E-state index in [-0.39, 0.29) is 10.0 Å². The zero-order chi connectivity index (χ0) is 24.9. The van der Waals surface area contributed by atoms with Crippen molar-refractivity contribution in [3.8, 4) is 0 Å². The third-order valence-corrected chi connectivity index (χ3v) is 8.37. The van der Waals surface area contributed by atoms with Crippen LogP contribution in [0.3, 0.4) is 0 Å². The summed E-state index contributed by atoms with van der Waals surface area (Å²) in [6, 6.07) is 15.6. The van der Waals surface area contributed by atoms with E-state index in [0.717, 1.165) is 30.2 Å². The van der Waals surface area contributed by atoms with Crippen molar-refractivity contribution in [2.24, 2.45) is 0 Å². The molecule has 0 aliphatic rings. The first-order chi connectivity index (χ1) is 16.3. The molecule has 2 aromatic rings. The van der Waals surface area contributed by atoms with Gasteiger partial charge in [0.1, 0.15) is 0 Å². The lowest BCUT2D eigenvalue weighted by molar-refractivity contribution is -0.124. The number of carbonyl (C=O) groups is 1. The van der Waals surface area contributed by atoms with Gasteiger partial charge < -0.3 is 0 Å². The minimum absolute atomic E-state index is 0.0652. The number of rotatable bonds is 16. The van der Waals surface area contributed by atoms with Gasteiger partial charge in [-0.05, 0) is 49.3 Å². The van der Waals surface area contributed by atoms with Crippen LogP contribution in [0, 0.1) is 0 Å². The number of aryl methyl sites for hydroxylation is 1. The van der Waals surface area contributed by atoms with Crippen molar-refractivity contribution in [3.05, 3.63) is 65.7 Å². The maximum Gasteiger partial charge on any atom is 0.298 e. The zero-order valence-electron chi connectivity index (χ0n) is 20.9. The Hall–Kier alpha value is -1.63. The highest BCUT2D eigenvalue weighted by Gasteiger charge is 2.41. The second-order valence-corrected chi connectivity index (χ2v) is 11.3. The van der Waals surface area contributed by atoms with Gasteiger partial charge in [-0.15, -0.1) is 0 Å². The molecule has 0 N–H and O–H groups in total. The molecule has 2 aromatic carbocycles. The molecule has 0 aromatic heterocycles. The molecule has 0 aliphatic heterocycles. The molecule has 0 radical (unpaired) electrons. The van der Waals surface area contributed by atoms with Crippen LogP contribution in [0.15, 0.2) is 59.5 Å². The quantitative estimate of drug-likeness (QED) is 0.173. The van der Waals surface area contributed by atoms with Gasteiger partial charge in [-0.3, -0.25) is 4.79 Å². The van der Waals surface area contributed by atoms with Crippen LogP contribution in [0.5, 0.6) is 0 Å². The van der Waals surface area contributed by atoms with Gasteiger partial charge in [-0.1, -0.05) is 119 Å². The van der Waals surface area contributed by atoms with Crippen molar-refractivity contribution in [2.45, 2.75) is 95.0 Å². The summed E-state index contributed by atoms with van der Waals surface area (Å²) in [4.78, 5) is 12.7. The van der Waals surface area contributed by atoms with E-state index in [1.54, 1.807) is 42.7 Å². The summed E-state index contributed by atoms with van der Waals surface area (Å²) in [6.45, 7) is 3.76. The predicted octanol–water partition coefficient (Wildman–Crippen LogP) is 7.66.